The fourth-order valence-corrected chi connectivity index (χ4v) is 2.73. The van der Waals surface area contributed by atoms with Crippen molar-refractivity contribution >= 4 is 17.6 Å². The summed E-state index contributed by atoms with van der Waals surface area (Å²) in [5.41, 5.74) is 0.383. The van der Waals surface area contributed by atoms with E-state index in [0.717, 1.165) is 12.5 Å². The Labute approximate surface area is 115 Å². The lowest BCUT2D eigenvalue weighted by atomic mass is 10.1. The molecule has 2 atom stereocenters. The number of rotatable bonds is 4. The Kier molecular flexibility index (Phi) is 4.39. The van der Waals surface area contributed by atoms with Gasteiger partial charge in [-0.25, -0.2) is 4.39 Å². The molecule has 0 aliphatic carbocycles. The summed E-state index contributed by atoms with van der Waals surface area (Å²) in [6.07, 6.45) is 0.749. The maximum Gasteiger partial charge on any atom is 0.325 e. The average molecular weight is 288 g/mol. The van der Waals surface area contributed by atoms with E-state index >= 15 is 0 Å². The van der Waals surface area contributed by atoms with Crippen molar-refractivity contribution in [2.75, 3.05) is 19.7 Å². The number of hydrogen-bond donors (Lipinski definition) is 2. The van der Waals surface area contributed by atoms with E-state index < -0.39 is 17.8 Å². The average Bonchev–Trinajstić information content (AvgIpc) is 2.80. The summed E-state index contributed by atoms with van der Waals surface area (Å²) in [7, 11) is 0. The normalized spacial score (nSPS) is 21.5. The van der Waals surface area contributed by atoms with Crippen molar-refractivity contribution in [2.24, 2.45) is 5.92 Å². The second kappa shape index (κ2) is 5.86. The van der Waals surface area contributed by atoms with Crippen LogP contribution in [0.2, 0.25) is 5.02 Å². The van der Waals surface area contributed by atoms with Gasteiger partial charge < -0.3 is 10.2 Å². The van der Waals surface area contributed by atoms with Crippen molar-refractivity contribution in [2.45, 2.75) is 12.5 Å². The van der Waals surface area contributed by atoms with E-state index in [1.54, 1.807) is 4.90 Å². The molecule has 6 heteroatoms. The number of aliphatic hydroxyl groups excluding tert-OH is 1. The summed E-state index contributed by atoms with van der Waals surface area (Å²) >= 11 is 5.94. The quantitative estimate of drug-likeness (QED) is 0.888. The maximum atomic E-state index is 13.0. The standard InChI is InChI=1S/C13H15ClFNO3/c14-11-5-9(15)1-2-10(11)12(13(18)19)16-4-3-8(6-16)7-17/h1-2,5,8,12,17H,3-4,6-7H2,(H,18,19)/t8-,12?/m1/s1. The number of carboxylic acid groups (broad SMARTS) is 1. The Morgan fingerprint density at radius 1 is 1.58 bits per heavy atom. The van der Waals surface area contributed by atoms with E-state index in [9.17, 15) is 14.3 Å². The molecule has 0 bridgehead atoms. The molecule has 0 radical (unpaired) electrons. The van der Waals surface area contributed by atoms with Gasteiger partial charge in [0.15, 0.2) is 0 Å². The van der Waals surface area contributed by atoms with Gasteiger partial charge in [0, 0.05) is 18.2 Å². The number of nitrogens with zero attached hydrogens (tertiary/aromatic N) is 1. The third-order valence-electron chi connectivity index (χ3n) is 3.43. The van der Waals surface area contributed by atoms with E-state index in [4.69, 9.17) is 16.7 Å². The van der Waals surface area contributed by atoms with Crippen LogP contribution in [0.5, 0.6) is 0 Å². The molecule has 1 aliphatic rings. The lowest BCUT2D eigenvalue weighted by molar-refractivity contribution is -0.143. The highest BCUT2D eigenvalue weighted by atomic mass is 35.5. The smallest absolute Gasteiger partial charge is 0.325 e. The van der Waals surface area contributed by atoms with E-state index in [1.807, 2.05) is 0 Å². The second-order valence-corrected chi connectivity index (χ2v) is 5.15. The van der Waals surface area contributed by atoms with Crippen LogP contribution in [0.1, 0.15) is 18.0 Å². The minimum atomic E-state index is -1.02. The van der Waals surface area contributed by atoms with Crippen LogP contribution in [0.25, 0.3) is 0 Å². The Balaban J connectivity index is 2.28. The number of aliphatic hydroxyl groups is 1. The number of halogens is 2. The third kappa shape index (κ3) is 3.05. The van der Waals surface area contributed by atoms with Crippen LogP contribution in [0.4, 0.5) is 4.39 Å². The zero-order valence-corrected chi connectivity index (χ0v) is 11.0. The first-order valence-corrected chi connectivity index (χ1v) is 6.43. The third-order valence-corrected chi connectivity index (χ3v) is 3.76. The summed E-state index contributed by atoms with van der Waals surface area (Å²) in [6, 6.07) is 2.83. The molecule has 2 rings (SSSR count). The van der Waals surface area contributed by atoms with Gasteiger partial charge >= 0.3 is 5.97 Å². The van der Waals surface area contributed by atoms with Crippen molar-refractivity contribution in [1.82, 2.24) is 4.90 Å². The number of carboxylic acids is 1. The molecule has 1 aromatic rings. The van der Waals surface area contributed by atoms with Gasteiger partial charge in [0.1, 0.15) is 11.9 Å². The first kappa shape index (κ1) is 14.2. The molecule has 1 saturated heterocycles. The molecule has 0 amide bonds. The maximum absolute atomic E-state index is 13.0. The largest absolute Gasteiger partial charge is 0.480 e. The Hall–Kier alpha value is -1.17. The molecular formula is C13H15ClFNO3. The number of carbonyl (C=O) groups is 1. The fraction of sp³-hybridized carbons (Fsp3) is 0.462. The topological polar surface area (TPSA) is 60.8 Å². The van der Waals surface area contributed by atoms with Gasteiger partial charge in [-0.15, -0.1) is 0 Å². The molecule has 0 spiro atoms. The molecule has 1 aromatic carbocycles. The number of benzene rings is 1. The van der Waals surface area contributed by atoms with Crippen LogP contribution in [-0.2, 0) is 4.79 Å². The molecule has 1 heterocycles. The molecule has 0 aromatic heterocycles. The van der Waals surface area contributed by atoms with Crippen LogP contribution in [0.15, 0.2) is 18.2 Å². The van der Waals surface area contributed by atoms with Crippen molar-refractivity contribution in [1.29, 1.82) is 0 Å². The van der Waals surface area contributed by atoms with Gasteiger partial charge in [-0.1, -0.05) is 17.7 Å². The predicted octanol–water partition coefficient (Wildman–Crippen LogP) is 1.92. The number of likely N-dealkylation sites (tertiary alicyclic amines) is 1. The lowest BCUT2D eigenvalue weighted by Crippen LogP contribution is -2.33. The van der Waals surface area contributed by atoms with Crippen molar-refractivity contribution in [3.8, 4) is 0 Å². The summed E-state index contributed by atoms with van der Waals surface area (Å²) in [4.78, 5) is 13.2. The molecule has 19 heavy (non-hydrogen) atoms. The zero-order chi connectivity index (χ0) is 14.0. The Morgan fingerprint density at radius 2 is 2.32 bits per heavy atom. The van der Waals surface area contributed by atoms with Gasteiger partial charge in [-0.3, -0.25) is 9.69 Å². The highest BCUT2D eigenvalue weighted by Crippen LogP contribution is 2.32. The fourth-order valence-electron chi connectivity index (χ4n) is 2.46. The van der Waals surface area contributed by atoms with Crippen LogP contribution in [0, 0.1) is 11.7 Å². The van der Waals surface area contributed by atoms with E-state index in [-0.39, 0.29) is 17.5 Å². The van der Waals surface area contributed by atoms with Crippen LogP contribution in [-0.4, -0.2) is 40.8 Å². The Morgan fingerprint density at radius 3 is 2.84 bits per heavy atom. The number of aliphatic carboxylic acids is 1. The molecule has 104 valence electrons. The number of hydrogen-bond acceptors (Lipinski definition) is 3. The van der Waals surface area contributed by atoms with Crippen LogP contribution < -0.4 is 0 Å². The molecule has 0 saturated carbocycles. The van der Waals surface area contributed by atoms with Crippen molar-refractivity contribution < 1.29 is 19.4 Å². The SMILES string of the molecule is O=C(O)C(c1ccc(F)cc1Cl)N1CC[C@@H](CO)C1. The summed E-state index contributed by atoms with van der Waals surface area (Å²) in [5.74, 6) is -1.43. The minimum absolute atomic E-state index is 0.0417. The van der Waals surface area contributed by atoms with Crippen molar-refractivity contribution in [3.05, 3.63) is 34.6 Å². The van der Waals surface area contributed by atoms with Crippen LogP contribution in [0.3, 0.4) is 0 Å². The molecular weight excluding hydrogens is 273 g/mol. The molecule has 4 nitrogen and oxygen atoms in total. The van der Waals surface area contributed by atoms with Crippen LogP contribution >= 0.6 is 11.6 Å². The van der Waals surface area contributed by atoms with Gasteiger partial charge in [0.05, 0.1) is 0 Å². The zero-order valence-electron chi connectivity index (χ0n) is 10.2. The van der Waals surface area contributed by atoms with E-state index in [1.165, 1.54) is 12.1 Å². The summed E-state index contributed by atoms with van der Waals surface area (Å²) in [5, 5.41) is 18.6. The Bertz CT molecular complexity index is 483. The van der Waals surface area contributed by atoms with Crippen molar-refractivity contribution in [3.63, 3.8) is 0 Å². The lowest BCUT2D eigenvalue weighted by Gasteiger charge is -2.25. The van der Waals surface area contributed by atoms with Gasteiger partial charge in [-0.05, 0) is 36.6 Å². The molecule has 2 N–H and O–H groups in total. The van der Waals surface area contributed by atoms with E-state index in [0.29, 0.717) is 18.7 Å². The first-order chi connectivity index (χ1) is 9.02. The van der Waals surface area contributed by atoms with Gasteiger partial charge in [0.25, 0.3) is 0 Å². The summed E-state index contributed by atoms with van der Waals surface area (Å²) in [6.45, 7) is 1.12. The second-order valence-electron chi connectivity index (χ2n) is 4.74. The first-order valence-electron chi connectivity index (χ1n) is 6.05. The monoisotopic (exact) mass is 287 g/mol. The summed E-state index contributed by atoms with van der Waals surface area (Å²) < 4.78 is 13.0. The van der Waals surface area contributed by atoms with Gasteiger partial charge in [-0.2, -0.15) is 0 Å². The molecule has 1 unspecified atom stereocenters. The highest BCUT2D eigenvalue weighted by Gasteiger charge is 2.34. The minimum Gasteiger partial charge on any atom is -0.480 e. The molecule has 1 fully saturated rings. The van der Waals surface area contributed by atoms with E-state index in [2.05, 4.69) is 0 Å². The highest BCUT2D eigenvalue weighted by molar-refractivity contribution is 6.31. The van der Waals surface area contributed by atoms with Gasteiger partial charge in [0.2, 0.25) is 0 Å². The molecule has 1 aliphatic heterocycles. The predicted molar refractivity (Wildman–Crippen MR) is 68.6 cm³/mol.